The van der Waals surface area contributed by atoms with E-state index in [4.69, 9.17) is 5.73 Å². The van der Waals surface area contributed by atoms with Crippen LogP contribution in [-0.2, 0) is 6.54 Å². The van der Waals surface area contributed by atoms with Crippen molar-refractivity contribution in [1.82, 2.24) is 4.57 Å². The molecule has 2 aromatic rings. The van der Waals surface area contributed by atoms with Gasteiger partial charge in [0.05, 0.1) is 6.54 Å². The lowest BCUT2D eigenvalue weighted by molar-refractivity contribution is 0.631. The van der Waals surface area contributed by atoms with Crippen LogP contribution in [0.3, 0.4) is 0 Å². The molecule has 0 spiro atoms. The van der Waals surface area contributed by atoms with Gasteiger partial charge in [0.15, 0.2) is 0 Å². The van der Waals surface area contributed by atoms with E-state index in [2.05, 4.69) is 40.5 Å². The summed E-state index contributed by atoms with van der Waals surface area (Å²) in [6.07, 6.45) is 6.94. The summed E-state index contributed by atoms with van der Waals surface area (Å²) in [4.78, 5) is 1.39. The fraction of sp³-hybridized carbons (Fsp3) is 0.385. The zero-order chi connectivity index (χ0) is 11.0. The SMILES string of the molecule is NC(c1ccn(Cc2cccs2)c1)C1CC1. The first-order chi connectivity index (χ1) is 7.83. The minimum atomic E-state index is 0.254. The van der Waals surface area contributed by atoms with Gasteiger partial charge in [-0.3, -0.25) is 0 Å². The molecule has 1 saturated carbocycles. The number of thiophene rings is 1. The summed E-state index contributed by atoms with van der Waals surface area (Å²) in [5.74, 6) is 0.734. The third kappa shape index (κ3) is 2.06. The lowest BCUT2D eigenvalue weighted by atomic mass is 10.1. The molecule has 0 aliphatic heterocycles. The molecular formula is C13H16N2S. The molecule has 2 nitrogen and oxygen atoms in total. The van der Waals surface area contributed by atoms with Crippen LogP contribution in [0.15, 0.2) is 36.0 Å². The molecule has 2 aromatic heterocycles. The molecule has 2 heterocycles. The number of aromatic nitrogens is 1. The van der Waals surface area contributed by atoms with Gasteiger partial charge in [-0.25, -0.2) is 0 Å². The van der Waals surface area contributed by atoms with Gasteiger partial charge in [-0.1, -0.05) is 6.07 Å². The van der Waals surface area contributed by atoms with Crippen molar-refractivity contribution in [1.29, 1.82) is 0 Å². The van der Waals surface area contributed by atoms with E-state index < -0.39 is 0 Å². The van der Waals surface area contributed by atoms with Crippen LogP contribution >= 0.6 is 11.3 Å². The highest BCUT2D eigenvalue weighted by atomic mass is 32.1. The summed E-state index contributed by atoms with van der Waals surface area (Å²) < 4.78 is 2.23. The second kappa shape index (κ2) is 4.07. The highest BCUT2D eigenvalue weighted by Gasteiger charge is 2.29. The standard InChI is InChI=1S/C13H16N2S/c14-13(10-3-4-10)11-5-6-15(8-11)9-12-2-1-7-16-12/h1-2,5-8,10,13H,3-4,9,14H2. The van der Waals surface area contributed by atoms with Crippen LogP contribution in [-0.4, -0.2) is 4.57 Å². The first kappa shape index (κ1) is 10.1. The molecule has 1 fully saturated rings. The summed E-state index contributed by atoms with van der Waals surface area (Å²) in [6, 6.07) is 6.69. The number of nitrogens with zero attached hydrogens (tertiary/aromatic N) is 1. The highest BCUT2D eigenvalue weighted by Crippen LogP contribution is 2.39. The molecule has 84 valence electrons. The molecule has 0 aromatic carbocycles. The highest BCUT2D eigenvalue weighted by molar-refractivity contribution is 7.09. The number of rotatable bonds is 4. The average molecular weight is 232 g/mol. The van der Waals surface area contributed by atoms with Crippen molar-refractivity contribution in [3.05, 3.63) is 46.4 Å². The number of nitrogens with two attached hydrogens (primary N) is 1. The maximum Gasteiger partial charge on any atom is 0.0563 e. The Morgan fingerprint density at radius 2 is 2.31 bits per heavy atom. The molecule has 1 aliphatic carbocycles. The third-order valence-corrected chi connectivity index (χ3v) is 4.07. The third-order valence-electron chi connectivity index (χ3n) is 3.21. The number of hydrogen-bond acceptors (Lipinski definition) is 2. The van der Waals surface area contributed by atoms with Gasteiger partial charge in [-0.15, -0.1) is 11.3 Å². The summed E-state index contributed by atoms with van der Waals surface area (Å²) in [6.45, 7) is 0.967. The van der Waals surface area contributed by atoms with Gasteiger partial charge in [0.2, 0.25) is 0 Å². The van der Waals surface area contributed by atoms with Crippen LogP contribution in [0.1, 0.15) is 29.3 Å². The molecule has 3 heteroatoms. The van der Waals surface area contributed by atoms with Gasteiger partial charge in [-0.2, -0.15) is 0 Å². The van der Waals surface area contributed by atoms with E-state index in [0.717, 1.165) is 12.5 Å². The van der Waals surface area contributed by atoms with Gasteiger partial charge >= 0.3 is 0 Å². The molecule has 0 amide bonds. The predicted octanol–water partition coefficient (Wildman–Crippen LogP) is 3.01. The molecule has 1 atom stereocenters. The Morgan fingerprint density at radius 3 is 3.00 bits per heavy atom. The second-order valence-corrected chi connectivity index (χ2v) is 5.59. The molecule has 1 unspecified atom stereocenters. The van der Waals surface area contributed by atoms with Crippen LogP contribution in [0.2, 0.25) is 0 Å². The Morgan fingerprint density at radius 1 is 1.44 bits per heavy atom. The fourth-order valence-electron chi connectivity index (χ4n) is 2.06. The first-order valence-corrected chi connectivity index (χ1v) is 6.64. The molecule has 0 saturated heterocycles. The van der Waals surface area contributed by atoms with E-state index in [0.29, 0.717) is 0 Å². The van der Waals surface area contributed by atoms with Crippen molar-refractivity contribution in [3.8, 4) is 0 Å². The molecule has 3 rings (SSSR count). The van der Waals surface area contributed by atoms with Crippen LogP contribution in [0.25, 0.3) is 0 Å². The van der Waals surface area contributed by atoms with Gasteiger partial charge in [0.25, 0.3) is 0 Å². The minimum absolute atomic E-state index is 0.254. The Kier molecular flexibility index (Phi) is 2.58. The Labute approximate surface area is 99.7 Å². The fourth-order valence-corrected chi connectivity index (χ4v) is 2.78. The van der Waals surface area contributed by atoms with Crippen molar-refractivity contribution >= 4 is 11.3 Å². The zero-order valence-corrected chi connectivity index (χ0v) is 9.99. The predicted molar refractivity (Wildman–Crippen MR) is 67.5 cm³/mol. The van der Waals surface area contributed by atoms with E-state index >= 15 is 0 Å². The van der Waals surface area contributed by atoms with Crippen molar-refractivity contribution in [3.63, 3.8) is 0 Å². The number of hydrogen-bond donors (Lipinski definition) is 1. The van der Waals surface area contributed by atoms with Crippen molar-refractivity contribution in [2.45, 2.75) is 25.4 Å². The van der Waals surface area contributed by atoms with Crippen molar-refractivity contribution in [2.75, 3.05) is 0 Å². The Hall–Kier alpha value is -1.06. The van der Waals surface area contributed by atoms with Gasteiger partial charge < -0.3 is 10.3 Å². The summed E-state index contributed by atoms with van der Waals surface area (Å²) in [5.41, 5.74) is 7.47. The lowest BCUT2D eigenvalue weighted by Gasteiger charge is -2.07. The maximum absolute atomic E-state index is 6.18. The molecule has 2 N–H and O–H groups in total. The van der Waals surface area contributed by atoms with E-state index in [9.17, 15) is 0 Å². The molecule has 0 radical (unpaired) electrons. The lowest BCUT2D eigenvalue weighted by Crippen LogP contribution is -2.11. The first-order valence-electron chi connectivity index (χ1n) is 5.76. The average Bonchev–Trinajstić information content (AvgIpc) is 2.82. The minimum Gasteiger partial charge on any atom is -0.349 e. The van der Waals surface area contributed by atoms with Crippen molar-refractivity contribution < 1.29 is 0 Å². The summed E-state index contributed by atoms with van der Waals surface area (Å²) in [5, 5.41) is 2.12. The van der Waals surface area contributed by atoms with Crippen LogP contribution < -0.4 is 5.73 Å². The largest absolute Gasteiger partial charge is 0.349 e. The quantitative estimate of drug-likeness (QED) is 0.863. The van der Waals surface area contributed by atoms with Gasteiger partial charge in [0.1, 0.15) is 0 Å². The normalized spacial score (nSPS) is 17.6. The van der Waals surface area contributed by atoms with Crippen LogP contribution in [0.5, 0.6) is 0 Å². The molecule has 16 heavy (non-hydrogen) atoms. The Balaban J connectivity index is 1.72. The van der Waals surface area contributed by atoms with Gasteiger partial charge in [0, 0.05) is 23.3 Å². The topological polar surface area (TPSA) is 30.9 Å². The van der Waals surface area contributed by atoms with E-state index in [-0.39, 0.29) is 6.04 Å². The zero-order valence-electron chi connectivity index (χ0n) is 9.17. The van der Waals surface area contributed by atoms with Crippen LogP contribution in [0.4, 0.5) is 0 Å². The van der Waals surface area contributed by atoms with E-state index in [1.54, 1.807) is 11.3 Å². The molecule has 0 bridgehead atoms. The van der Waals surface area contributed by atoms with Crippen molar-refractivity contribution in [2.24, 2.45) is 11.7 Å². The summed E-state index contributed by atoms with van der Waals surface area (Å²) in [7, 11) is 0. The van der Waals surface area contributed by atoms with E-state index in [1.165, 1.54) is 23.3 Å². The van der Waals surface area contributed by atoms with Gasteiger partial charge in [-0.05, 0) is 41.8 Å². The Bertz CT molecular complexity index is 454. The summed E-state index contributed by atoms with van der Waals surface area (Å²) >= 11 is 1.80. The smallest absolute Gasteiger partial charge is 0.0563 e. The molecular weight excluding hydrogens is 216 g/mol. The van der Waals surface area contributed by atoms with Crippen LogP contribution in [0, 0.1) is 5.92 Å². The monoisotopic (exact) mass is 232 g/mol. The second-order valence-electron chi connectivity index (χ2n) is 4.56. The van der Waals surface area contributed by atoms with E-state index in [1.807, 2.05) is 0 Å². The maximum atomic E-state index is 6.18. The molecule has 1 aliphatic rings.